The van der Waals surface area contributed by atoms with Crippen LogP contribution >= 0.6 is 0 Å². The van der Waals surface area contributed by atoms with Gasteiger partial charge in [0.25, 0.3) is 0 Å². The Kier molecular flexibility index (Phi) is 3.72. The van der Waals surface area contributed by atoms with Crippen molar-refractivity contribution in [2.75, 3.05) is 0 Å². The summed E-state index contributed by atoms with van der Waals surface area (Å²) in [6, 6.07) is 0. The molecule has 0 saturated carbocycles. The standard InChI is InChI=1S/C14H24O2Si/c1-10-7-11(9-12(15)8-10)13(16)17(5,6)14(2,3)4/h8-10,15H,7H2,1-6H3. The first-order valence-electron chi connectivity index (χ1n) is 6.22. The lowest BCUT2D eigenvalue weighted by atomic mass is 9.96. The summed E-state index contributed by atoms with van der Waals surface area (Å²) in [5.41, 5.74) is 0.809. The molecule has 0 amide bonds. The van der Waals surface area contributed by atoms with Crippen molar-refractivity contribution in [2.45, 2.75) is 52.2 Å². The molecule has 0 heterocycles. The molecule has 96 valence electrons. The Bertz CT molecular complexity index is 384. The Morgan fingerprint density at radius 1 is 1.41 bits per heavy atom. The van der Waals surface area contributed by atoms with Crippen LogP contribution in [0.1, 0.15) is 34.1 Å². The van der Waals surface area contributed by atoms with Crippen molar-refractivity contribution >= 4 is 13.5 Å². The van der Waals surface area contributed by atoms with Crippen LogP contribution in [0.3, 0.4) is 0 Å². The second-order valence-corrected chi connectivity index (χ2v) is 11.9. The highest BCUT2D eigenvalue weighted by Gasteiger charge is 2.43. The third-order valence-electron chi connectivity index (χ3n) is 4.05. The van der Waals surface area contributed by atoms with Gasteiger partial charge in [0.1, 0.15) is 19.2 Å². The van der Waals surface area contributed by atoms with E-state index >= 15 is 0 Å². The van der Waals surface area contributed by atoms with Gasteiger partial charge in [0, 0.05) is 0 Å². The maximum atomic E-state index is 12.6. The zero-order valence-electron chi connectivity index (χ0n) is 11.8. The van der Waals surface area contributed by atoms with Crippen LogP contribution < -0.4 is 0 Å². The minimum atomic E-state index is -2.00. The molecule has 0 aromatic rings. The lowest BCUT2D eigenvalue weighted by Gasteiger charge is -2.36. The summed E-state index contributed by atoms with van der Waals surface area (Å²) < 4.78 is 0. The summed E-state index contributed by atoms with van der Waals surface area (Å²) in [5, 5.41) is 9.95. The topological polar surface area (TPSA) is 37.3 Å². The van der Waals surface area contributed by atoms with Gasteiger partial charge in [0.05, 0.1) is 0 Å². The van der Waals surface area contributed by atoms with Crippen LogP contribution in [-0.4, -0.2) is 18.6 Å². The molecule has 1 aliphatic carbocycles. The average Bonchev–Trinajstić information content (AvgIpc) is 2.13. The van der Waals surface area contributed by atoms with Crippen LogP contribution in [0.25, 0.3) is 0 Å². The fraction of sp³-hybridized carbons (Fsp3) is 0.643. The number of aliphatic hydroxyl groups excluding tert-OH is 1. The maximum Gasteiger partial charge on any atom is 0.138 e. The predicted octanol–water partition coefficient (Wildman–Crippen LogP) is 4.01. The molecular formula is C14H24O2Si. The molecule has 0 aliphatic heterocycles. The van der Waals surface area contributed by atoms with Gasteiger partial charge >= 0.3 is 0 Å². The number of allylic oxidation sites excluding steroid dienone is 3. The zero-order chi connectivity index (χ0) is 13.4. The Balaban J connectivity index is 3.04. The molecule has 1 unspecified atom stereocenters. The molecule has 0 saturated heterocycles. The number of hydrogen-bond acceptors (Lipinski definition) is 2. The predicted molar refractivity (Wildman–Crippen MR) is 74.8 cm³/mol. The second-order valence-electron chi connectivity index (χ2n) is 6.65. The average molecular weight is 252 g/mol. The third kappa shape index (κ3) is 2.89. The van der Waals surface area contributed by atoms with E-state index < -0.39 is 8.07 Å². The fourth-order valence-electron chi connectivity index (χ4n) is 1.88. The molecule has 1 aliphatic rings. The number of aliphatic hydroxyl groups is 1. The highest BCUT2D eigenvalue weighted by Crippen LogP contribution is 2.39. The number of carbonyl (C=O) groups is 1. The summed E-state index contributed by atoms with van der Waals surface area (Å²) in [6.45, 7) is 12.7. The lowest BCUT2D eigenvalue weighted by Crippen LogP contribution is -2.47. The first-order chi connectivity index (χ1) is 7.55. The summed E-state index contributed by atoms with van der Waals surface area (Å²) in [7, 11) is -2.00. The number of rotatable bonds is 2. The molecule has 0 fully saturated rings. The molecule has 1 atom stereocenters. The van der Waals surface area contributed by atoms with Crippen molar-refractivity contribution in [2.24, 2.45) is 5.92 Å². The first-order valence-corrected chi connectivity index (χ1v) is 9.22. The molecule has 1 N–H and O–H groups in total. The van der Waals surface area contributed by atoms with Crippen molar-refractivity contribution in [3.05, 3.63) is 23.5 Å². The summed E-state index contributed by atoms with van der Waals surface area (Å²) in [5.74, 6) is 0.495. The van der Waals surface area contributed by atoms with E-state index in [2.05, 4.69) is 33.9 Å². The monoisotopic (exact) mass is 252 g/mol. The summed E-state index contributed by atoms with van der Waals surface area (Å²) >= 11 is 0. The van der Waals surface area contributed by atoms with Gasteiger partial charge in [-0.25, -0.2) is 0 Å². The molecule has 2 nitrogen and oxygen atoms in total. The zero-order valence-corrected chi connectivity index (χ0v) is 12.8. The largest absolute Gasteiger partial charge is 0.508 e. The smallest absolute Gasteiger partial charge is 0.138 e. The van der Waals surface area contributed by atoms with Crippen LogP contribution in [0.15, 0.2) is 23.5 Å². The Morgan fingerprint density at radius 2 is 1.94 bits per heavy atom. The van der Waals surface area contributed by atoms with E-state index in [1.54, 1.807) is 6.08 Å². The second kappa shape index (κ2) is 4.45. The molecule has 0 spiro atoms. The van der Waals surface area contributed by atoms with Crippen molar-refractivity contribution < 1.29 is 9.90 Å². The Labute approximate surface area is 105 Å². The highest BCUT2D eigenvalue weighted by molar-refractivity contribution is 7.08. The van der Waals surface area contributed by atoms with Gasteiger partial charge in [0.2, 0.25) is 0 Å². The van der Waals surface area contributed by atoms with E-state index in [0.717, 1.165) is 12.0 Å². The van der Waals surface area contributed by atoms with Gasteiger partial charge in [-0.3, -0.25) is 0 Å². The van der Waals surface area contributed by atoms with E-state index in [-0.39, 0.29) is 22.1 Å². The Hall–Kier alpha value is -0.833. The quantitative estimate of drug-likeness (QED) is 0.754. The van der Waals surface area contributed by atoms with Crippen LogP contribution in [0, 0.1) is 5.92 Å². The van der Waals surface area contributed by atoms with E-state index in [0.29, 0.717) is 0 Å². The summed E-state index contributed by atoms with van der Waals surface area (Å²) in [6.07, 6.45) is 4.22. The van der Waals surface area contributed by atoms with E-state index in [4.69, 9.17) is 0 Å². The van der Waals surface area contributed by atoms with Crippen molar-refractivity contribution in [3.8, 4) is 0 Å². The normalized spacial score (nSPS) is 21.9. The minimum absolute atomic E-state index is 0.0466. The van der Waals surface area contributed by atoms with Crippen molar-refractivity contribution in [1.82, 2.24) is 0 Å². The van der Waals surface area contributed by atoms with Gasteiger partial charge in [-0.05, 0) is 35.1 Å². The molecular weight excluding hydrogens is 228 g/mol. The third-order valence-corrected chi connectivity index (χ3v) is 9.26. The van der Waals surface area contributed by atoms with Crippen molar-refractivity contribution in [1.29, 1.82) is 0 Å². The van der Waals surface area contributed by atoms with E-state index in [1.807, 2.05) is 13.0 Å². The summed E-state index contributed by atoms with van der Waals surface area (Å²) in [4.78, 5) is 12.6. The van der Waals surface area contributed by atoms with E-state index in [9.17, 15) is 9.90 Å². The number of hydrogen-bond donors (Lipinski definition) is 1. The van der Waals surface area contributed by atoms with E-state index in [1.165, 1.54) is 0 Å². The molecule has 3 heteroatoms. The SMILES string of the molecule is CC1C=C(O)C=C(C(=O)[Si](C)(C)C(C)(C)C)C1. The fourth-order valence-corrected chi connectivity index (χ4v) is 3.54. The first kappa shape index (κ1) is 14.2. The number of carbonyl (C=O) groups excluding carboxylic acids is 1. The molecule has 0 radical (unpaired) electrons. The minimum Gasteiger partial charge on any atom is -0.508 e. The Morgan fingerprint density at radius 3 is 2.35 bits per heavy atom. The molecule has 1 rings (SSSR count). The van der Waals surface area contributed by atoms with Gasteiger partial charge in [-0.2, -0.15) is 0 Å². The van der Waals surface area contributed by atoms with Crippen LogP contribution in [0.4, 0.5) is 0 Å². The van der Waals surface area contributed by atoms with Gasteiger partial charge in [0.15, 0.2) is 0 Å². The molecule has 0 aromatic carbocycles. The van der Waals surface area contributed by atoms with Crippen LogP contribution in [0.5, 0.6) is 0 Å². The highest BCUT2D eigenvalue weighted by atomic mass is 28.3. The van der Waals surface area contributed by atoms with Gasteiger partial charge in [-0.15, -0.1) is 0 Å². The molecule has 0 bridgehead atoms. The lowest BCUT2D eigenvalue weighted by molar-refractivity contribution is -0.110. The van der Waals surface area contributed by atoms with Crippen LogP contribution in [-0.2, 0) is 4.79 Å². The molecule has 0 aromatic heterocycles. The maximum absolute atomic E-state index is 12.6. The molecule has 17 heavy (non-hydrogen) atoms. The van der Waals surface area contributed by atoms with Crippen molar-refractivity contribution in [3.63, 3.8) is 0 Å². The van der Waals surface area contributed by atoms with Gasteiger partial charge in [-0.1, -0.05) is 40.8 Å². The van der Waals surface area contributed by atoms with Gasteiger partial charge < -0.3 is 9.90 Å². The van der Waals surface area contributed by atoms with Crippen LogP contribution in [0.2, 0.25) is 18.1 Å².